The van der Waals surface area contributed by atoms with Crippen molar-refractivity contribution >= 4 is 48.2 Å². The summed E-state index contributed by atoms with van der Waals surface area (Å²) in [5, 5.41) is 25.8. The summed E-state index contributed by atoms with van der Waals surface area (Å²) < 4.78 is 0. The summed E-state index contributed by atoms with van der Waals surface area (Å²) in [7, 11) is 0. The number of nitrogens with two attached hydrogens (primary N) is 3. The molecule has 0 aliphatic rings. The van der Waals surface area contributed by atoms with E-state index in [1.807, 2.05) is 0 Å². The van der Waals surface area contributed by atoms with Gasteiger partial charge < -0.3 is 43.4 Å². The molecule has 0 bridgehead atoms. The largest absolute Gasteiger partial charge is 0.481 e. The van der Waals surface area contributed by atoms with Crippen LogP contribution in [-0.2, 0) is 30.4 Å². The van der Waals surface area contributed by atoms with Crippen LogP contribution in [0.1, 0.15) is 24.8 Å². The Kier molecular flexibility index (Phi) is 13.5. The summed E-state index contributed by atoms with van der Waals surface area (Å²) in [6, 6.07) is 3.36. The fourth-order valence-corrected chi connectivity index (χ4v) is 3.28. The maximum atomic E-state index is 13.0. The van der Waals surface area contributed by atoms with Gasteiger partial charge in [0.1, 0.15) is 18.1 Å². The summed E-state index contributed by atoms with van der Waals surface area (Å²) in [4.78, 5) is 64.9. The van der Waals surface area contributed by atoms with Crippen LogP contribution in [0, 0.1) is 0 Å². The molecule has 0 saturated heterocycles. The van der Waals surface area contributed by atoms with Gasteiger partial charge in [-0.25, -0.2) is 4.79 Å². The average molecular weight is 540 g/mol. The molecule has 0 spiro atoms. The van der Waals surface area contributed by atoms with Crippen LogP contribution in [0.5, 0.6) is 0 Å². The molecule has 4 atom stereocenters. The lowest BCUT2D eigenvalue weighted by molar-refractivity contribution is -0.143. The highest BCUT2D eigenvalue weighted by atomic mass is 32.1. The summed E-state index contributed by atoms with van der Waals surface area (Å²) in [5.74, 6) is -5.52. The zero-order valence-corrected chi connectivity index (χ0v) is 20.9. The molecule has 15 heteroatoms. The van der Waals surface area contributed by atoms with E-state index in [0.29, 0.717) is 5.56 Å². The molecule has 1 rings (SSSR count). The van der Waals surface area contributed by atoms with Crippen LogP contribution >= 0.6 is 12.6 Å². The van der Waals surface area contributed by atoms with Gasteiger partial charge in [0.25, 0.3) is 0 Å². The molecule has 0 aliphatic heterocycles. The van der Waals surface area contributed by atoms with Crippen molar-refractivity contribution in [2.45, 2.75) is 49.9 Å². The Bertz CT molecular complexity index is 973. The SMILES string of the molecule is NC(N)=NCCCC(NC(=O)C(CC(=O)O)NC(=O)C(N)CS)C(=O)NC(Cc1ccccc1)C(=O)O. The predicted octanol–water partition coefficient (Wildman–Crippen LogP) is -2.45. The van der Waals surface area contributed by atoms with E-state index in [1.54, 1.807) is 30.3 Å². The summed E-state index contributed by atoms with van der Waals surface area (Å²) in [5.41, 5.74) is 16.8. The van der Waals surface area contributed by atoms with Crippen LogP contribution in [0.3, 0.4) is 0 Å². The number of carboxylic acid groups (broad SMARTS) is 2. The molecule has 0 fully saturated rings. The number of hydrogen-bond donors (Lipinski definition) is 9. The fourth-order valence-electron chi connectivity index (χ4n) is 3.11. The molecule has 14 nitrogen and oxygen atoms in total. The number of thiol groups is 1. The van der Waals surface area contributed by atoms with Crippen molar-refractivity contribution in [2.75, 3.05) is 12.3 Å². The van der Waals surface area contributed by atoms with Crippen molar-refractivity contribution in [3.63, 3.8) is 0 Å². The van der Waals surface area contributed by atoms with Crippen LogP contribution in [0.2, 0.25) is 0 Å². The van der Waals surface area contributed by atoms with Crippen LogP contribution in [0.15, 0.2) is 35.3 Å². The number of carbonyl (C=O) groups is 5. The quantitative estimate of drug-likeness (QED) is 0.0464. The fraction of sp³-hybridized carbons (Fsp3) is 0.455. The first-order chi connectivity index (χ1) is 17.4. The smallest absolute Gasteiger partial charge is 0.326 e. The van der Waals surface area contributed by atoms with E-state index in [0.717, 1.165) is 0 Å². The van der Waals surface area contributed by atoms with E-state index in [9.17, 15) is 29.1 Å². The van der Waals surface area contributed by atoms with Crippen molar-refractivity contribution in [1.82, 2.24) is 16.0 Å². The van der Waals surface area contributed by atoms with Gasteiger partial charge in [-0.3, -0.25) is 24.2 Å². The van der Waals surface area contributed by atoms with Crippen LogP contribution in [0.4, 0.5) is 0 Å². The highest BCUT2D eigenvalue weighted by molar-refractivity contribution is 7.80. The Morgan fingerprint density at radius 2 is 1.46 bits per heavy atom. The number of carbonyl (C=O) groups excluding carboxylic acids is 3. The topological polar surface area (TPSA) is 252 Å². The number of benzene rings is 1. The number of carboxylic acids is 2. The number of aliphatic imine (C=N–C) groups is 1. The molecule has 1 aromatic rings. The lowest BCUT2D eigenvalue weighted by atomic mass is 10.0. The number of rotatable bonds is 16. The molecule has 37 heavy (non-hydrogen) atoms. The zero-order valence-electron chi connectivity index (χ0n) is 20.0. The minimum atomic E-state index is -1.55. The minimum absolute atomic E-state index is 0.0179. The standard InChI is InChI=1S/C22H33N7O7S/c23-13(11-37)18(32)28-15(10-17(30)31)20(34)27-14(7-4-8-26-22(24)25)19(33)29-16(21(35)36)9-12-5-2-1-3-6-12/h1-3,5-6,13-16,37H,4,7-11,23H2,(H,27,34)(H,28,32)(H,29,33)(H,30,31)(H,35,36)(H4,24,25,26). The first-order valence-electron chi connectivity index (χ1n) is 11.3. The van der Waals surface area contributed by atoms with E-state index >= 15 is 0 Å². The molecule has 0 aromatic heterocycles. The second kappa shape index (κ2) is 16.0. The van der Waals surface area contributed by atoms with Gasteiger partial charge in [-0.1, -0.05) is 30.3 Å². The third kappa shape index (κ3) is 12.1. The van der Waals surface area contributed by atoms with Crippen molar-refractivity contribution in [2.24, 2.45) is 22.2 Å². The Morgan fingerprint density at radius 1 is 0.892 bits per heavy atom. The molecule has 11 N–H and O–H groups in total. The first-order valence-corrected chi connectivity index (χ1v) is 11.9. The van der Waals surface area contributed by atoms with Gasteiger partial charge in [0.2, 0.25) is 17.7 Å². The van der Waals surface area contributed by atoms with E-state index < -0.39 is 60.2 Å². The van der Waals surface area contributed by atoms with E-state index in [4.69, 9.17) is 22.3 Å². The van der Waals surface area contributed by atoms with Gasteiger partial charge in [0, 0.05) is 18.7 Å². The molecular weight excluding hydrogens is 506 g/mol. The zero-order chi connectivity index (χ0) is 28.0. The lowest BCUT2D eigenvalue weighted by Gasteiger charge is -2.24. The molecule has 204 valence electrons. The maximum absolute atomic E-state index is 13.0. The van der Waals surface area contributed by atoms with Gasteiger partial charge in [-0.2, -0.15) is 12.6 Å². The predicted molar refractivity (Wildman–Crippen MR) is 138 cm³/mol. The van der Waals surface area contributed by atoms with Gasteiger partial charge in [-0.05, 0) is 18.4 Å². The maximum Gasteiger partial charge on any atom is 0.326 e. The summed E-state index contributed by atoms with van der Waals surface area (Å²) in [6.07, 6.45) is -0.607. The average Bonchev–Trinajstić information content (AvgIpc) is 2.84. The summed E-state index contributed by atoms with van der Waals surface area (Å²) in [6.45, 7) is 0.112. The number of amides is 3. The molecule has 0 heterocycles. The normalized spacial score (nSPS) is 13.8. The third-order valence-electron chi connectivity index (χ3n) is 5.02. The van der Waals surface area contributed by atoms with E-state index in [2.05, 4.69) is 33.6 Å². The molecule has 3 amide bonds. The van der Waals surface area contributed by atoms with Crippen molar-refractivity contribution < 1.29 is 34.2 Å². The number of nitrogens with one attached hydrogen (secondary N) is 3. The summed E-state index contributed by atoms with van der Waals surface area (Å²) >= 11 is 3.90. The van der Waals surface area contributed by atoms with Crippen LogP contribution < -0.4 is 33.2 Å². The lowest BCUT2D eigenvalue weighted by Crippen LogP contribution is -2.57. The highest BCUT2D eigenvalue weighted by Crippen LogP contribution is 2.07. The monoisotopic (exact) mass is 539 g/mol. The van der Waals surface area contributed by atoms with E-state index in [1.165, 1.54) is 0 Å². The van der Waals surface area contributed by atoms with Crippen molar-refractivity contribution in [3.8, 4) is 0 Å². The Balaban J connectivity index is 3.06. The van der Waals surface area contributed by atoms with Gasteiger partial charge in [0.15, 0.2) is 5.96 Å². The Morgan fingerprint density at radius 3 is 2.00 bits per heavy atom. The highest BCUT2D eigenvalue weighted by Gasteiger charge is 2.31. The molecular formula is C22H33N7O7S. The van der Waals surface area contributed by atoms with Gasteiger partial charge in [-0.15, -0.1) is 0 Å². The Hall–Kier alpha value is -3.85. The van der Waals surface area contributed by atoms with Crippen LogP contribution in [0.25, 0.3) is 0 Å². The number of nitrogens with zero attached hydrogens (tertiary/aromatic N) is 1. The van der Waals surface area contributed by atoms with Gasteiger partial charge >= 0.3 is 11.9 Å². The molecule has 1 aromatic carbocycles. The minimum Gasteiger partial charge on any atom is -0.481 e. The molecule has 0 saturated carbocycles. The Labute approximate surface area is 218 Å². The molecule has 0 aliphatic carbocycles. The number of hydrogen-bond acceptors (Lipinski definition) is 8. The molecule has 4 unspecified atom stereocenters. The molecule has 0 radical (unpaired) electrons. The second-order valence-electron chi connectivity index (χ2n) is 8.05. The van der Waals surface area contributed by atoms with Crippen LogP contribution in [-0.4, -0.2) is 82.3 Å². The second-order valence-corrected chi connectivity index (χ2v) is 8.41. The third-order valence-corrected chi connectivity index (χ3v) is 5.41. The van der Waals surface area contributed by atoms with Gasteiger partial charge in [0.05, 0.1) is 12.5 Å². The number of guanidine groups is 1. The first kappa shape index (κ1) is 31.2. The van der Waals surface area contributed by atoms with Crippen molar-refractivity contribution in [3.05, 3.63) is 35.9 Å². The van der Waals surface area contributed by atoms with Crippen molar-refractivity contribution in [1.29, 1.82) is 0 Å². The number of aliphatic carboxylic acids is 2. The van der Waals surface area contributed by atoms with E-state index in [-0.39, 0.29) is 37.5 Å².